The first-order chi connectivity index (χ1) is 16.0. The molecule has 1 atom stereocenters. The Labute approximate surface area is 197 Å². The molecule has 1 aliphatic carbocycles. The minimum atomic E-state index is -0.156. The minimum Gasteiger partial charge on any atom is -0.490 e. The Morgan fingerprint density at radius 3 is 2.88 bits per heavy atom. The molecule has 2 aromatic carbocycles. The number of nitrogens with one attached hydrogen (secondary N) is 1. The van der Waals surface area contributed by atoms with Gasteiger partial charge >= 0.3 is 0 Å². The van der Waals surface area contributed by atoms with Crippen molar-refractivity contribution < 1.29 is 14.6 Å². The average Bonchev–Trinajstić information content (AvgIpc) is 3.29. The number of carbonyl (C=O) groups excluding carboxylic acids is 1. The molecule has 0 saturated heterocycles. The van der Waals surface area contributed by atoms with Crippen molar-refractivity contribution in [3.63, 3.8) is 0 Å². The van der Waals surface area contributed by atoms with Crippen LogP contribution in [0.25, 0.3) is 21.1 Å². The third kappa shape index (κ3) is 5.05. The van der Waals surface area contributed by atoms with Crippen molar-refractivity contribution in [1.29, 1.82) is 5.26 Å². The zero-order valence-electron chi connectivity index (χ0n) is 18.7. The number of benzene rings is 2. The van der Waals surface area contributed by atoms with Crippen LogP contribution in [-0.4, -0.2) is 33.9 Å². The lowest BCUT2D eigenvalue weighted by atomic mass is 9.85. The molecule has 0 unspecified atom stereocenters. The lowest BCUT2D eigenvalue weighted by Gasteiger charge is -2.27. The highest BCUT2D eigenvalue weighted by Crippen LogP contribution is 2.39. The number of nitrogens with zero attached hydrogens (tertiary/aromatic N) is 3. The van der Waals surface area contributed by atoms with Crippen molar-refractivity contribution in [3.8, 4) is 33.0 Å². The van der Waals surface area contributed by atoms with Gasteiger partial charge in [0.2, 0.25) is 5.91 Å². The zero-order chi connectivity index (χ0) is 23.4. The van der Waals surface area contributed by atoms with E-state index in [-0.39, 0.29) is 31.1 Å². The predicted molar refractivity (Wildman–Crippen MR) is 127 cm³/mol. The third-order valence-corrected chi connectivity index (χ3v) is 6.55. The fourth-order valence-corrected chi connectivity index (χ4v) is 5.02. The molecule has 2 N–H and O–H groups in total. The Morgan fingerprint density at radius 1 is 1.30 bits per heavy atom. The quantitative estimate of drug-likeness (QED) is 0.539. The van der Waals surface area contributed by atoms with Crippen LogP contribution in [0.4, 0.5) is 0 Å². The highest BCUT2D eigenvalue weighted by Gasteiger charge is 2.25. The number of rotatable bonds is 7. The van der Waals surface area contributed by atoms with Crippen LogP contribution in [0.1, 0.15) is 55.8 Å². The van der Waals surface area contributed by atoms with Crippen molar-refractivity contribution >= 4 is 17.2 Å². The maximum Gasteiger partial charge on any atom is 0.222 e. The van der Waals surface area contributed by atoms with Crippen LogP contribution >= 0.6 is 11.3 Å². The van der Waals surface area contributed by atoms with E-state index in [1.54, 1.807) is 12.1 Å². The number of hydrogen-bond acceptors (Lipinski definition) is 7. The Kier molecular flexibility index (Phi) is 7.02. The van der Waals surface area contributed by atoms with Crippen LogP contribution in [0.5, 0.6) is 5.75 Å². The number of fused-ring (bicyclic) bond motifs is 1. The van der Waals surface area contributed by atoms with Crippen molar-refractivity contribution in [2.45, 2.75) is 51.7 Å². The number of hydrogen-bond donors (Lipinski definition) is 2. The van der Waals surface area contributed by atoms with E-state index >= 15 is 0 Å². The smallest absolute Gasteiger partial charge is 0.222 e. The van der Waals surface area contributed by atoms with Crippen molar-refractivity contribution in [1.82, 2.24) is 15.5 Å². The summed E-state index contributed by atoms with van der Waals surface area (Å²) >= 11 is 1.48. The van der Waals surface area contributed by atoms with Gasteiger partial charge in [-0.3, -0.25) is 4.79 Å². The molecule has 3 aromatic rings. The highest BCUT2D eigenvalue weighted by molar-refractivity contribution is 7.17. The van der Waals surface area contributed by atoms with Crippen LogP contribution in [-0.2, 0) is 11.2 Å². The first kappa shape index (κ1) is 22.9. The fourth-order valence-electron chi connectivity index (χ4n) is 4.12. The molecule has 170 valence electrons. The number of aromatic nitrogens is 2. The standard InChI is InChI=1S/C25H26N4O3S/c1-15(2)32-22-10-9-16(13-17(22)14-26)24-28-29-25(33-24)20-7-3-6-19-18(20)5-4-8-21(19)27-23(31)11-12-30/h3,6-7,9-10,13,15,21,30H,4-5,8,11-12H2,1-2H3,(H,27,31)/t21-/m1/s1. The van der Waals surface area contributed by atoms with Gasteiger partial charge in [0.05, 0.1) is 24.3 Å². The maximum absolute atomic E-state index is 12.0. The molecule has 1 aliphatic rings. The fraction of sp³-hybridized carbons (Fsp3) is 0.360. The minimum absolute atomic E-state index is 0.0161. The molecule has 4 rings (SSSR count). The lowest BCUT2D eigenvalue weighted by Crippen LogP contribution is -2.31. The monoisotopic (exact) mass is 462 g/mol. The number of amides is 1. The van der Waals surface area contributed by atoms with Gasteiger partial charge in [-0.25, -0.2) is 0 Å². The molecule has 0 aliphatic heterocycles. The first-order valence-electron chi connectivity index (χ1n) is 11.1. The second-order valence-electron chi connectivity index (χ2n) is 8.26. The SMILES string of the molecule is CC(C)Oc1ccc(-c2nnc(-c3cccc4c3CCC[C@H]4NC(=O)CCO)s2)cc1C#N. The van der Waals surface area contributed by atoms with E-state index in [1.807, 2.05) is 32.0 Å². The summed E-state index contributed by atoms with van der Waals surface area (Å²) in [7, 11) is 0. The third-order valence-electron chi connectivity index (χ3n) is 5.55. The molecular weight excluding hydrogens is 436 g/mol. The van der Waals surface area contributed by atoms with E-state index in [0.29, 0.717) is 11.3 Å². The normalized spacial score (nSPS) is 15.1. The number of ether oxygens (including phenoxy) is 1. The van der Waals surface area contributed by atoms with Crippen molar-refractivity contribution in [3.05, 3.63) is 53.1 Å². The number of carbonyl (C=O) groups is 1. The molecule has 1 heterocycles. The lowest BCUT2D eigenvalue weighted by molar-refractivity contribution is -0.122. The van der Waals surface area contributed by atoms with E-state index in [9.17, 15) is 10.1 Å². The second-order valence-corrected chi connectivity index (χ2v) is 9.24. The Morgan fingerprint density at radius 2 is 2.12 bits per heavy atom. The van der Waals surface area contributed by atoms with Crippen LogP contribution in [0.15, 0.2) is 36.4 Å². The van der Waals surface area contributed by atoms with Gasteiger partial charge in [-0.15, -0.1) is 10.2 Å². The summed E-state index contributed by atoms with van der Waals surface area (Å²) in [5.74, 6) is 0.421. The molecule has 0 spiro atoms. The van der Waals surface area contributed by atoms with Crippen molar-refractivity contribution in [2.75, 3.05) is 6.61 Å². The van der Waals surface area contributed by atoms with Gasteiger partial charge in [0.25, 0.3) is 0 Å². The van der Waals surface area contributed by atoms with Gasteiger partial charge in [-0.2, -0.15) is 5.26 Å². The van der Waals surface area contributed by atoms with Crippen molar-refractivity contribution in [2.24, 2.45) is 0 Å². The van der Waals surface area contributed by atoms with Gasteiger partial charge in [0.15, 0.2) is 0 Å². The van der Waals surface area contributed by atoms with Gasteiger partial charge < -0.3 is 15.2 Å². The summed E-state index contributed by atoms with van der Waals surface area (Å²) in [6.07, 6.45) is 2.83. The largest absolute Gasteiger partial charge is 0.490 e. The summed E-state index contributed by atoms with van der Waals surface area (Å²) in [5, 5.41) is 32.0. The zero-order valence-corrected chi connectivity index (χ0v) is 19.5. The maximum atomic E-state index is 12.0. The molecule has 1 amide bonds. The summed E-state index contributed by atoms with van der Waals surface area (Å²) in [4.78, 5) is 12.0. The molecule has 33 heavy (non-hydrogen) atoms. The number of nitriles is 1. The highest BCUT2D eigenvalue weighted by atomic mass is 32.1. The van der Waals surface area contributed by atoms with E-state index in [2.05, 4.69) is 27.6 Å². The van der Waals surface area contributed by atoms with Crippen LogP contribution in [0, 0.1) is 11.3 Å². The number of aliphatic hydroxyl groups is 1. The predicted octanol–water partition coefficient (Wildman–Crippen LogP) is 4.41. The first-order valence-corrected chi connectivity index (χ1v) is 11.9. The van der Waals surface area contributed by atoms with Crippen LogP contribution < -0.4 is 10.1 Å². The molecule has 1 aromatic heterocycles. The molecular formula is C25H26N4O3S. The number of aliphatic hydroxyl groups excluding tert-OH is 1. The molecule has 8 heteroatoms. The summed E-state index contributed by atoms with van der Waals surface area (Å²) in [5.41, 5.74) is 4.60. The average molecular weight is 463 g/mol. The van der Waals surface area contributed by atoms with Gasteiger partial charge in [-0.05, 0) is 62.4 Å². The van der Waals surface area contributed by atoms with Crippen LogP contribution in [0.2, 0.25) is 0 Å². The van der Waals surface area contributed by atoms with E-state index in [4.69, 9.17) is 9.84 Å². The molecule has 0 fully saturated rings. The molecule has 7 nitrogen and oxygen atoms in total. The second kappa shape index (κ2) is 10.1. The van der Waals surface area contributed by atoms with Gasteiger partial charge in [0.1, 0.15) is 21.8 Å². The Bertz CT molecular complexity index is 1200. The van der Waals surface area contributed by atoms with Gasteiger partial charge in [-0.1, -0.05) is 29.5 Å². The molecule has 0 bridgehead atoms. The Hall–Kier alpha value is -3.28. The van der Waals surface area contributed by atoms with E-state index in [1.165, 1.54) is 16.9 Å². The van der Waals surface area contributed by atoms with E-state index < -0.39 is 0 Å². The summed E-state index contributed by atoms with van der Waals surface area (Å²) in [6.45, 7) is 3.70. The van der Waals surface area contributed by atoms with Gasteiger partial charge in [0, 0.05) is 17.5 Å². The molecule has 0 saturated carbocycles. The summed E-state index contributed by atoms with van der Waals surface area (Å²) < 4.78 is 5.72. The summed E-state index contributed by atoms with van der Waals surface area (Å²) in [6, 6.07) is 13.7. The topological polar surface area (TPSA) is 108 Å². The van der Waals surface area contributed by atoms with E-state index in [0.717, 1.165) is 46.0 Å². The molecule has 0 radical (unpaired) electrons. The Balaban J connectivity index is 1.64. The van der Waals surface area contributed by atoms with Crippen LogP contribution in [0.3, 0.4) is 0 Å².